The van der Waals surface area contributed by atoms with Crippen LogP contribution in [-0.2, 0) is 10.2 Å². The van der Waals surface area contributed by atoms with Gasteiger partial charge in [-0.1, -0.05) is 60.5 Å². The molecule has 0 saturated carbocycles. The molecule has 2 nitrogen and oxygen atoms in total. The minimum atomic E-state index is -0.318. The molecule has 0 atom stereocenters. The maximum absolute atomic E-state index is 12.0. The van der Waals surface area contributed by atoms with Crippen LogP contribution in [0.1, 0.15) is 42.3 Å². The summed E-state index contributed by atoms with van der Waals surface area (Å²) in [5, 5.41) is 0. The van der Waals surface area contributed by atoms with Gasteiger partial charge in [0.25, 0.3) is 0 Å². The summed E-state index contributed by atoms with van der Waals surface area (Å²) >= 11 is 3.49. The predicted molar refractivity (Wildman–Crippen MR) is 94.4 cm³/mol. The van der Waals surface area contributed by atoms with Crippen molar-refractivity contribution in [1.29, 1.82) is 0 Å². The highest BCUT2D eigenvalue weighted by atomic mass is 79.9. The number of methoxy groups -OCH3 is 1. The Hall–Kier alpha value is -1.61. The number of benzene rings is 2. The minimum absolute atomic E-state index is 0.0538. The van der Waals surface area contributed by atoms with Gasteiger partial charge in [0.1, 0.15) is 0 Å². The van der Waals surface area contributed by atoms with E-state index in [1.165, 1.54) is 18.2 Å². The molecule has 0 aliphatic rings. The molecule has 0 N–H and O–H groups in total. The predicted octanol–water partition coefficient (Wildman–Crippen LogP) is 5.51. The van der Waals surface area contributed by atoms with Gasteiger partial charge >= 0.3 is 5.97 Å². The van der Waals surface area contributed by atoms with Gasteiger partial charge < -0.3 is 4.74 Å². The molecule has 0 spiro atoms. The normalized spacial score (nSPS) is 11.4. The number of carbonyl (C=O) groups is 1. The Morgan fingerprint density at radius 3 is 2.36 bits per heavy atom. The first kappa shape index (κ1) is 16.8. The third-order valence-electron chi connectivity index (χ3n) is 3.64. The maximum atomic E-state index is 12.0. The first-order valence-electron chi connectivity index (χ1n) is 7.23. The summed E-state index contributed by atoms with van der Waals surface area (Å²) in [5.41, 5.74) is 4.98. The number of ether oxygens (including phenoxy) is 1. The molecule has 0 aliphatic carbocycles. The van der Waals surface area contributed by atoms with Crippen LogP contribution >= 0.6 is 15.9 Å². The van der Waals surface area contributed by atoms with Crippen LogP contribution in [0.5, 0.6) is 0 Å². The molecule has 0 aliphatic heterocycles. The van der Waals surface area contributed by atoms with Crippen LogP contribution in [0.15, 0.2) is 40.9 Å². The number of carbonyl (C=O) groups excluding carboxylic acids is 1. The minimum Gasteiger partial charge on any atom is -0.465 e. The largest absolute Gasteiger partial charge is 0.465 e. The average Bonchev–Trinajstić information content (AvgIpc) is 2.44. The van der Waals surface area contributed by atoms with Crippen molar-refractivity contribution in [1.82, 2.24) is 0 Å². The van der Waals surface area contributed by atoms with Crippen molar-refractivity contribution >= 4 is 21.9 Å². The van der Waals surface area contributed by atoms with Gasteiger partial charge in [-0.25, -0.2) is 4.79 Å². The van der Waals surface area contributed by atoms with Crippen molar-refractivity contribution in [3.63, 3.8) is 0 Å². The van der Waals surface area contributed by atoms with Crippen molar-refractivity contribution in [2.75, 3.05) is 7.11 Å². The molecule has 116 valence electrons. The van der Waals surface area contributed by atoms with E-state index in [0.29, 0.717) is 5.56 Å². The molecule has 0 amide bonds. The first-order chi connectivity index (χ1) is 10.2. The fourth-order valence-electron chi connectivity index (χ4n) is 2.41. The third kappa shape index (κ3) is 3.58. The average molecular weight is 361 g/mol. The Kier molecular flexibility index (Phi) is 4.76. The molecule has 22 heavy (non-hydrogen) atoms. The summed E-state index contributed by atoms with van der Waals surface area (Å²) in [6.45, 7) is 8.64. The second-order valence-electron chi connectivity index (χ2n) is 6.52. The van der Waals surface area contributed by atoms with Gasteiger partial charge in [-0.2, -0.15) is 0 Å². The molecule has 0 bridgehead atoms. The standard InChI is InChI=1S/C19H21BrO2/c1-12-8-13(10-14(9-12)19(2,3)4)17-11-15(20)6-7-16(17)18(21)22-5/h6-11H,1-5H3. The number of esters is 1. The molecule has 2 aromatic rings. The van der Waals surface area contributed by atoms with Crippen molar-refractivity contribution < 1.29 is 9.53 Å². The fraction of sp³-hybridized carbons (Fsp3) is 0.316. The Labute approximate surface area is 140 Å². The molecule has 0 aromatic heterocycles. The van der Waals surface area contributed by atoms with E-state index in [1.54, 1.807) is 6.07 Å². The lowest BCUT2D eigenvalue weighted by Crippen LogP contribution is -2.11. The van der Waals surface area contributed by atoms with Crippen LogP contribution in [0.4, 0.5) is 0 Å². The Bertz CT molecular complexity index is 712. The van der Waals surface area contributed by atoms with Gasteiger partial charge in [-0.15, -0.1) is 0 Å². The molecule has 0 saturated heterocycles. The summed E-state index contributed by atoms with van der Waals surface area (Å²) < 4.78 is 5.85. The third-order valence-corrected chi connectivity index (χ3v) is 4.13. The Morgan fingerprint density at radius 2 is 1.77 bits per heavy atom. The van der Waals surface area contributed by atoms with Crippen LogP contribution in [0.3, 0.4) is 0 Å². The smallest absolute Gasteiger partial charge is 0.338 e. The fourth-order valence-corrected chi connectivity index (χ4v) is 2.78. The number of halogens is 1. The van der Waals surface area contributed by atoms with Gasteiger partial charge in [0, 0.05) is 4.47 Å². The summed E-state index contributed by atoms with van der Waals surface area (Å²) in [6, 6.07) is 12.1. The molecule has 3 heteroatoms. The SMILES string of the molecule is COC(=O)c1ccc(Br)cc1-c1cc(C)cc(C(C)(C)C)c1. The number of rotatable bonds is 2. The van der Waals surface area contributed by atoms with Crippen LogP contribution < -0.4 is 0 Å². The molecule has 2 aromatic carbocycles. The zero-order valence-electron chi connectivity index (χ0n) is 13.7. The monoisotopic (exact) mass is 360 g/mol. The molecule has 0 fully saturated rings. The highest BCUT2D eigenvalue weighted by Crippen LogP contribution is 2.32. The van der Waals surface area contributed by atoms with Crippen LogP contribution in [0.2, 0.25) is 0 Å². The molecular formula is C19H21BrO2. The summed E-state index contributed by atoms with van der Waals surface area (Å²) in [7, 11) is 1.41. The zero-order valence-corrected chi connectivity index (χ0v) is 15.2. The van der Waals surface area contributed by atoms with Crippen LogP contribution in [0, 0.1) is 6.92 Å². The van der Waals surface area contributed by atoms with E-state index in [1.807, 2.05) is 12.1 Å². The lowest BCUT2D eigenvalue weighted by atomic mass is 9.84. The van der Waals surface area contributed by atoms with Gasteiger partial charge in [-0.3, -0.25) is 0 Å². The van der Waals surface area contributed by atoms with Gasteiger partial charge in [0.05, 0.1) is 12.7 Å². The van der Waals surface area contributed by atoms with Crippen molar-refractivity contribution in [2.45, 2.75) is 33.1 Å². The van der Waals surface area contributed by atoms with E-state index in [9.17, 15) is 4.79 Å². The number of aryl methyl sites for hydroxylation is 1. The van der Waals surface area contributed by atoms with Crippen LogP contribution in [0.25, 0.3) is 11.1 Å². The lowest BCUT2D eigenvalue weighted by Gasteiger charge is -2.21. The quantitative estimate of drug-likeness (QED) is 0.660. The van der Waals surface area contributed by atoms with Crippen molar-refractivity contribution in [2.24, 2.45) is 0 Å². The molecule has 0 radical (unpaired) electrons. The second kappa shape index (κ2) is 6.25. The van der Waals surface area contributed by atoms with Gasteiger partial charge in [0.2, 0.25) is 0 Å². The summed E-state index contributed by atoms with van der Waals surface area (Å²) in [4.78, 5) is 12.0. The highest BCUT2D eigenvalue weighted by Gasteiger charge is 2.18. The van der Waals surface area contributed by atoms with Gasteiger partial charge in [0.15, 0.2) is 0 Å². The summed E-state index contributed by atoms with van der Waals surface area (Å²) in [6.07, 6.45) is 0. The van der Waals surface area contributed by atoms with E-state index in [4.69, 9.17) is 4.74 Å². The molecule has 0 heterocycles. The lowest BCUT2D eigenvalue weighted by molar-refractivity contribution is 0.0601. The number of hydrogen-bond donors (Lipinski definition) is 0. The first-order valence-corrected chi connectivity index (χ1v) is 8.02. The van der Waals surface area contributed by atoms with Crippen molar-refractivity contribution in [3.8, 4) is 11.1 Å². The molecule has 2 rings (SSSR count). The number of hydrogen-bond acceptors (Lipinski definition) is 2. The second-order valence-corrected chi connectivity index (χ2v) is 7.43. The van der Waals surface area contributed by atoms with Crippen LogP contribution in [-0.4, -0.2) is 13.1 Å². The maximum Gasteiger partial charge on any atom is 0.338 e. The zero-order chi connectivity index (χ0) is 16.5. The Morgan fingerprint density at radius 1 is 1.09 bits per heavy atom. The molecular weight excluding hydrogens is 340 g/mol. The van der Waals surface area contributed by atoms with E-state index < -0.39 is 0 Å². The van der Waals surface area contributed by atoms with E-state index in [-0.39, 0.29) is 11.4 Å². The van der Waals surface area contributed by atoms with E-state index >= 15 is 0 Å². The topological polar surface area (TPSA) is 26.3 Å². The van der Waals surface area contributed by atoms with Crippen molar-refractivity contribution in [3.05, 3.63) is 57.6 Å². The highest BCUT2D eigenvalue weighted by molar-refractivity contribution is 9.10. The summed E-state index contributed by atoms with van der Waals surface area (Å²) in [5.74, 6) is -0.318. The Balaban J connectivity index is 2.68. The van der Waals surface area contributed by atoms with Gasteiger partial charge in [-0.05, 0) is 47.2 Å². The molecule has 0 unspecified atom stereocenters. The van der Waals surface area contributed by atoms with E-state index in [2.05, 4.69) is 61.8 Å². The van der Waals surface area contributed by atoms with E-state index in [0.717, 1.165) is 15.6 Å².